The quantitative estimate of drug-likeness (QED) is 0.412. The molecular formula is C10H24N4O3. The van der Waals surface area contributed by atoms with Crippen LogP contribution in [0.1, 0.15) is 39.5 Å². The van der Waals surface area contributed by atoms with Crippen LogP contribution in [0, 0.1) is 0 Å². The summed E-state index contributed by atoms with van der Waals surface area (Å²) in [5.74, 6) is 0. The summed E-state index contributed by atoms with van der Waals surface area (Å²) < 4.78 is 5.31. The molecule has 0 aromatic carbocycles. The number of hydrazine groups is 1. The highest BCUT2D eigenvalue weighted by atomic mass is 16.5. The standard InChI is InChI=1S/C8H18O.C2H6N4O2/c1-3-5-7-9-8-6-4-2;3-1(7)5-6-2(4)8/h3-8H2,1-2H3;(H3,3,5,7)(H3,4,6,8). The van der Waals surface area contributed by atoms with Gasteiger partial charge in [0.1, 0.15) is 0 Å². The maximum Gasteiger partial charge on any atom is 0.330 e. The van der Waals surface area contributed by atoms with Gasteiger partial charge in [0.25, 0.3) is 0 Å². The van der Waals surface area contributed by atoms with Crippen molar-refractivity contribution in [2.24, 2.45) is 11.5 Å². The van der Waals surface area contributed by atoms with E-state index in [1.165, 1.54) is 25.7 Å². The average molecular weight is 248 g/mol. The van der Waals surface area contributed by atoms with E-state index in [1.54, 1.807) is 10.9 Å². The van der Waals surface area contributed by atoms with Crippen molar-refractivity contribution in [2.75, 3.05) is 13.2 Å². The van der Waals surface area contributed by atoms with Crippen LogP contribution in [0.15, 0.2) is 0 Å². The number of amides is 4. The summed E-state index contributed by atoms with van der Waals surface area (Å²) in [6.45, 7) is 6.28. The number of carbonyl (C=O) groups excluding carboxylic acids is 2. The smallest absolute Gasteiger partial charge is 0.330 e. The third-order valence-corrected chi connectivity index (χ3v) is 1.59. The molecule has 0 spiro atoms. The molecule has 0 aliphatic rings. The third-order valence-electron chi connectivity index (χ3n) is 1.59. The highest BCUT2D eigenvalue weighted by Gasteiger charge is 1.89. The molecule has 4 amide bonds. The topological polar surface area (TPSA) is 119 Å². The van der Waals surface area contributed by atoms with Crippen molar-refractivity contribution in [1.82, 2.24) is 10.9 Å². The van der Waals surface area contributed by atoms with E-state index >= 15 is 0 Å². The first kappa shape index (κ1) is 17.9. The van der Waals surface area contributed by atoms with E-state index in [0.29, 0.717) is 0 Å². The second-order valence-corrected chi connectivity index (χ2v) is 3.30. The Morgan fingerprint density at radius 3 is 1.53 bits per heavy atom. The number of rotatable bonds is 6. The van der Waals surface area contributed by atoms with Crippen LogP contribution in [0.25, 0.3) is 0 Å². The van der Waals surface area contributed by atoms with Gasteiger partial charge in [0.2, 0.25) is 0 Å². The van der Waals surface area contributed by atoms with E-state index < -0.39 is 12.1 Å². The molecule has 0 bridgehead atoms. The molecular weight excluding hydrogens is 224 g/mol. The first-order chi connectivity index (χ1) is 8.04. The number of nitrogens with two attached hydrogens (primary N) is 2. The second-order valence-electron chi connectivity index (χ2n) is 3.30. The number of carbonyl (C=O) groups is 2. The molecule has 0 radical (unpaired) electrons. The van der Waals surface area contributed by atoms with Gasteiger partial charge in [-0.3, -0.25) is 0 Å². The molecule has 0 aliphatic carbocycles. The van der Waals surface area contributed by atoms with Crippen LogP contribution in [0.5, 0.6) is 0 Å². The fourth-order valence-electron chi connectivity index (χ4n) is 0.718. The Hall–Kier alpha value is -1.50. The van der Waals surface area contributed by atoms with Crippen molar-refractivity contribution in [2.45, 2.75) is 39.5 Å². The fraction of sp³-hybridized carbons (Fsp3) is 0.800. The maximum atomic E-state index is 9.74. The van der Waals surface area contributed by atoms with Crippen molar-refractivity contribution in [3.8, 4) is 0 Å². The van der Waals surface area contributed by atoms with E-state index in [9.17, 15) is 9.59 Å². The van der Waals surface area contributed by atoms with E-state index in [4.69, 9.17) is 4.74 Å². The predicted octanol–water partition coefficient (Wildman–Crippen LogP) is 0.841. The van der Waals surface area contributed by atoms with Crippen LogP contribution >= 0.6 is 0 Å². The first-order valence-electron chi connectivity index (χ1n) is 5.73. The van der Waals surface area contributed by atoms with E-state index in [1.807, 2.05) is 0 Å². The highest BCUT2D eigenvalue weighted by molar-refractivity contribution is 5.77. The van der Waals surface area contributed by atoms with Crippen LogP contribution in [0.2, 0.25) is 0 Å². The van der Waals surface area contributed by atoms with Gasteiger partial charge in [-0.1, -0.05) is 26.7 Å². The Bertz CT molecular complexity index is 180. The van der Waals surface area contributed by atoms with Crippen molar-refractivity contribution in [3.05, 3.63) is 0 Å². The number of urea groups is 2. The lowest BCUT2D eigenvalue weighted by molar-refractivity contribution is 0.128. The predicted molar refractivity (Wildman–Crippen MR) is 66.1 cm³/mol. The van der Waals surface area contributed by atoms with Crippen LogP contribution in [0.4, 0.5) is 9.59 Å². The summed E-state index contributed by atoms with van der Waals surface area (Å²) in [5, 5.41) is 0. The van der Waals surface area contributed by atoms with E-state index in [0.717, 1.165) is 13.2 Å². The van der Waals surface area contributed by atoms with Gasteiger partial charge < -0.3 is 16.2 Å². The van der Waals surface area contributed by atoms with Crippen LogP contribution in [-0.2, 0) is 4.74 Å². The zero-order chi connectivity index (χ0) is 13.5. The molecule has 6 N–H and O–H groups in total. The monoisotopic (exact) mass is 248 g/mol. The normalized spacial score (nSPS) is 8.82. The van der Waals surface area contributed by atoms with Gasteiger partial charge in [-0.2, -0.15) is 0 Å². The van der Waals surface area contributed by atoms with Crippen molar-refractivity contribution >= 4 is 12.1 Å². The highest BCUT2D eigenvalue weighted by Crippen LogP contribution is 1.91. The SMILES string of the molecule is CCCCOCCCC.NC(=O)NNC(N)=O. The second kappa shape index (κ2) is 14.5. The molecule has 0 unspecified atom stereocenters. The number of hydrogen-bond acceptors (Lipinski definition) is 3. The molecule has 102 valence electrons. The Balaban J connectivity index is 0. The Morgan fingerprint density at radius 1 is 0.941 bits per heavy atom. The van der Waals surface area contributed by atoms with Gasteiger partial charge in [0, 0.05) is 13.2 Å². The molecule has 0 saturated carbocycles. The number of ether oxygens (including phenoxy) is 1. The van der Waals surface area contributed by atoms with Crippen LogP contribution in [-0.4, -0.2) is 25.3 Å². The van der Waals surface area contributed by atoms with Crippen LogP contribution in [0.3, 0.4) is 0 Å². The molecule has 7 nitrogen and oxygen atoms in total. The largest absolute Gasteiger partial charge is 0.381 e. The lowest BCUT2D eigenvalue weighted by Gasteiger charge is -1.99. The van der Waals surface area contributed by atoms with Gasteiger partial charge in [0.05, 0.1) is 0 Å². The lowest BCUT2D eigenvalue weighted by atomic mass is 10.3. The van der Waals surface area contributed by atoms with E-state index in [2.05, 4.69) is 25.3 Å². The molecule has 0 fully saturated rings. The van der Waals surface area contributed by atoms with Gasteiger partial charge in [-0.25, -0.2) is 20.4 Å². The number of hydrogen-bond donors (Lipinski definition) is 4. The molecule has 0 aliphatic heterocycles. The Morgan fingerprint density at radius 2 is 1.29 bits per heavy atom. The Labute approximate surface area is 102 Å². The summed E-state index contributed by atoms with van der Waals surface area (Å²) in [7, 11) is 0. The van der Waals surface area contributed by atoms with Crippen molar-refractivity contribution < 1.29 is 14.3 Å². The molecule has 0 aromatic heterocycles. The molecule has 0 heterocycles. The van der Waals surface area contributed by atoms with Gasteiger partial charge >= 0.3 is 12.1 Å². The first-order valence-corrected chi connectivity index (χ1v) is 5.73. The summed E-state index contributed by atoms with van der Waals surface area (Å²) in [6, 6.07) is -1.72. The molecule has 17 heavy (non-hydrogen) atoms. The summed E-state index contributed by atoms with van der Waals surface area (Å²) in [4.78, 5) is 19.5. The van der Waals surface area contributed by atoms with E-state index in [-0.39, 0.29) is 0 Å². The Kier molecular flexibility index (Phi) is 15.3. The number of nitrogens with one attached hydrogen (secondary N) is 2. The third kappa shape index (κ3) is 25.1. The zero-order valence-corrected chi connectivity index (χ0v) is 10.6. The molecule has 0 atom stereocenters. The van der Waals surface area contributed by atoms with Crippen molar-refractivity contribution in [1.29, 1.82) is 0 Å². The molecule has 0 rings (SSSR count). The number of primary amides is 2. The molecule has 0 aromatic rings. The maximum absolute atomic E-state index is 9.74. The molecule has 7 heteroatoms. The summed E-state index contributed by atoms with van der Waals surface area (Å²) >= 11 is 0. The lowest BCUT2D eigenvalue weighted by Crippen LogP contribution is -2.46. The van der Waals surface area contributed by atoms with Crippen molar-refractivity contribution in [3.63, 3.8) is 0 Å². The summed E-state index contributed by atoms with van der Waals surface area (Å²) in [6.07, 6.45) is 4.91. The van der Waals surface area contributed by atoms with Crippen LogP contribution < -0.4 is 22.3 Å². The minimum atomic E-state index is -0.858. The molecule has 0 saturated heterocycles. The fourth-order valence-corrected chi connectivity index (χ4v) is 0.718. The van der Waals surface area contributed by atoms with Gasteiger partial charge in [-0.15, -0.1) is 0 Å². The minimum Gasteiger partial charge on any atom is -0.381 e. The van der Waals surface area contributed by atoms with Gasteiger partial charge in [0.15, 0.2) is 0 Å². The summed E-state index contributed by atoms with van der Waals surface area (Å²) in [5.41, 5.74) is 12.6. The minimum absolute atomic E-state index is 0.858. The van der Waals surface area contributed by atoms with Gasteiger partial charge in [-0.05, 0) is 12.8 Å². The zero-order valence-electron chi connectivity index (χ0n) is 10.6. The average Bonchev–Trinajstić information content (AvgIpc) is 2.27. The number of unbranched alkanes of at least 4 members (excludes halogenated alkanes) is 2.